The molecule has 102 valence electrons. The predicted molar refractivity (Wildman–Crippen MR) is 67.6 cm³/mol. The number of carbonyl (C=O) groups excluding carboxylic acids is 2. The van der Waals surface area contributed by atoms with Crippen molar-refractivity contribution in [2.24, 2.45) is 0 Å². The molecule has 0 atom stereocenters. The Morgan fingerprint density at radius 3 is 2.47 bits per heavy atom. The highest BCUT2D eigenvalue weighted by atomic mass is 16.6. The number of benzene rings is 1. The van der Waals surface area contributed by atoms with Crippen LogP contribution in [0.5, 0.6) is 0 Å². The van der Waals surface area contributed by atoms with Gasteiger partial charge in [-0.2, -0.15) is 0 Å². The van der Waals surface area contributed by atoms with Crippen molar-refractivity contribution in [3.63, 3.8) is 0 Å². The molecule has 1 aromatic rings. The Balaban J connectivity index is 2.35. The number of hydrogen-bond donors (Lipinski definition) is 1. The molecule has 7 heteroatoms. The highest BCUT2D eigenvalue weighted by Gasteiger charge is 2.06. The largest absolute Gasteiger partial charge is 0.466 e. The first-order valence-corrected chi connectivity index (χ1v) is 5.66. The zero-order valence-corrected chi connectivity index (χ0v) is 10.4. The summed E-state index contributed by atoms with van der Waals surface area (Å²) in [6, 6.07) is 5.55. The van der Waals surface area contributed by atoms with Crippen LogP contribution in [0.15, 0.2) is 24.3 Å². The van der Waals surface area contributed by atoms with Crippen molar-refractivity contribution in [1.29, 1.82) is 0 Å². The second kappa shape index (κ2) is 7.10. The average Bonchev–Trinajstić information content (AvgIpc) is 2.35. The minimum absolute atomic E-state index is 0.0344. The lowest BCUT2D eigenvalue weighted by molar-refractivity contribution is -0.384. The van der Waals surface area contributed by atoms with E-state index in [1.165, 1.54) is 31.2 Å². The summed E-state index contributed by atoms with van der Waals surface area (Å²) in [5, 5.41) is 13.0. The van der Waals surface area contributed by atoms with E-state index in [2.05, 4.69) is 5.32 Å². The van der Waals surface area contributed by atoms with Gasteiger partial charge in [-0.25, -0.2) is 0 Å². The Hall–Kier alpha value is -2.44. The highest BCUT2D eigenvalue weighted by molar-refractivity contribution is 5.90. The van der Waals surface area contributed by atoms with Gasteiger partial charge in [0, 0.05) is 31.2 Å². The molecule has 0 bridgehead atoms. The second-order valence-corrected chi connectivity index (χ2v) is 3.80. The lowest BCUT2D eigenvalue weighted by Gasteiger charge is -2.05. The van der Waals surface area contributed by atoms with Gasteiger partial charge in [0.05, 0.1) is 11.5 Å². The van der Waals surface area contributed by atoms with Crippen LogP contribution in [0.1, 0.15) is 19.8 Å². The minimum atomic E-state index is -0.509. The number of nitro benzene ring substituents is 1. The van der Waals surface area contributed by atoms with Crippen molar-refractivity contribution in [2.75, 3.05) is 11.9 Å². The maximum Gasteiger partial charge on any atom is 0.302 e. The number of carbonyl (C=O) groups is 2. The number of anilines is 1. The van der Waals surface area contributed by atoms with E-state index >= 15 is 0 Å². The standard InChI is InChI=1S/C12H14N2O5/c1-9(15)19-8-2-3-12(16)13-10-4-6-11(7-5-10)14(17)18/h4-7H,2-3,8H2,1H3,(H,13,16). The molecule has 19 heavy (non-hydrogen) atoms. The molecular formula is C12H14N2O5. The van der Waals surface area contributed by atoms with E-state index in [1.54, 1.807) is 0 Å². The normalized spacial score (nSPS) is 9.74. The molecular weight excluding hydrogens is 252 g/mol. The van der Waals surface area contributed by atoms with Crippen LogP contribution in [0.3, 0.4) is 0 Å². The highest BCUT2D eigenvalue weighted by Crippen LogP contribution is 2.15. The van der Waals surface area contributed by atoms with Gasteiger partial charge in [0.2, 0.25) is 5.91 Å². The summed E-state index contributed by atoms with van der Waals surface area (Å²) >= 11 is 0. The number of non-ortho nitro benzene ring substituents is 1. The first kappa shape index (κ1) is 14.6. The maximum atomic E-state index is 11.5. The second-order valence-electron chi connectivity index (χ2n) is 3.80. The lowest BCUT2D eigenvalue weighted by Crippen LogP contribution is -2.12. The van der Waals surface area contributed by atoms with E-state index in [-0.39, 0.29) is 30.6 Å². The first-order valence-electron chi connectivity index (χ1n) is 5.66. The molecule has 0 saturated carbocycles. The number of esters is 1. The quantitative estimate of drug-likeness (QED) is 0.367. The first-order chi connectivity index (χ1) is 8.99. The topological polar surface area (TPSA) is 98.5 Å². The Morgan fingerprint density at radius 1 is 1.32 bits per heavy atom. The Bertz CT molecular complexity index is 470. The maximum absolute atomic E-state index is 11.5. The minimum Gasteiger partial charge on any atom is -0.466 e. The third-order valence-electron chi connectivity index (χ3n) is 2.22. The molecule has 0 heterocycles. The van der Waals surface area contributed by atoms with Gasteiger partial charge >= 0.3 is 5.97 Å². The predicted octanol–water partition coefficient (Wildman–Crippen LogP) is 1.88. The molecule has 0 aliphatic rings. The summed E-state index contributed by atoms with van der Waals surface area (Å²) in [7, 11) is 0. The number of amides is 1. The van der Waals surface area contributed by atoms with Crippen LogP contribution in [0, 0.1) is 10.1 Å². The zero-order chi connectivity index (χ0) is 14.3. The number of nitro groups is 1. The molecule has 7 nitrogen and oxygen atoms in total. The summed E-state index contributed by atoms with van der Waals surface area (Å²) in [6.45, 7) is 1.50. The van der Waals surface area contributed by atoms with Crippen molar-refractivity contribution < 1.29 is 19.2 Å². The summed E-state index contributed by atoms with van der Waals surface area (Å²) in [5.41, 5.74) is 0.455. The van der Waals surface area contributed by atoms with Crippen LogP contribution < -0.4 is 5.32 Å². The Labute approximate surface area is 109 Å². The molecule has 0 aliphatic heterocycles. The third-order valence-corrected chi connectivity index (χ3v) is 2.22. The molecule has 1 aromatic carbocycles. The van der Waals surface area contributed by atoms with E-state index < -0.39 is 4.92 Å². The molecule has 0 aliphatic carbocycles. The van der Waals surface area contributed by atoms with E-state index in [1.807, 2.05) is 0 Å². The fraction of sp³-hybridized carbons (Fsp3) is 0.333. The van der Waals surface area contributed by atoms with Crippen LogP contribution >= 0.6 is 0 Å². The van der Waals surface area contributed by atoms with Gasteiger partial charge in [-0.05, 0) is 18.6 Å². The van der Waals surface area contributed by atoms with Crippen LogP contribution in [-0.4, -0.2) is 23.4 Å². The fourth-order valence-corrected chi connectivity index (χ4v) is 1.34. The van der Waals surface area contributed by atoms with Crippen molar-refractivity contribution in [2.45, 2.75) is 19.8 Å². The molecule has 0 aromatic heterocycles. The Kier molecular flexibility index (Phi) is 5.46. The van der Waals surface area contributed by atoms with Crippen molar-refractivity contribution in [1.82, 2.24) is 0 Å². The van der Waals surface area contributed by atoms with Crippen LogP contribution in [-0.2, 0) is 14.3 Å². The number of rotatable bonds is 6. The molecule has 0 saturated heterocycles. The zero-order valence-electron chi connectivity index (χ0n) is 10.4. The van der Waals surface area contributed by atoms with Crippen molar-refractivity contribution in [3.8, 4) is 0 Å². The average molecular weight is 266 g/mol. The van der Waals surface area contributed by atoms with E-state index in [9.17, 15) is 19.7 Å². The summed E-state index contributed by atoms with van der Waals surface area (Å²) in [4.78, 5) is 31.9. The number of hydrogen-bond acceptors (Lipinski definition) is 5. The van der Waals surface area contributed by atoms with Gasteiger partial charge in [0.15, 0.2) is 0 Å². The molecule has 0 fully saturated rings. The van der Waals surface area contributed by atoms with Gasteiger partial charge in [0.25, 0.3) is 5.69 Å². The van der Waals surface area contributed by atoms with E-state index in [0.717, 1.165) is 0 Å². The van der Waals surface area contributed by atoms with Gasteiger partial charge in [-0.1, -0.05) is 0 Å². The van der Waals surface area contributed by atoms with Crippen LogP contribution in [0.25, 0.3) is 0 Å². The third kappa shape index (κ3) is 5.62. The molecule has 1 N–H and O–H groups in total. The number of ether oxygens (including phenoxy) is 1. The van der Waals surface area contributed by atoms with Gasteiger partial charge in [-0.15, -0.1) is 0 Å². The van der Waals surface area contributed by atoms with Gasteiger partial charge in [0.1, 0.15) is 0 Å². The molecule has 0 radical (unpaired) electrons. The molecule has 0 unspecified atom stereocenters. The summed E-state index contributed by atoms with van der Waals surface area (Å²) < 4.78 is 4.69. The SMILES string of the molecule is CC(=O)OCCCC(=O)Nc1ccc([N+](=O)[O-])cc1. The van der Waals surface area contributed by atoms with Crippen molar-refractivity contribution >= 4 is 23.3 Å². The fourth-order valence-electron chi connectivity index (χ4n) is 1.34. The van der Waals surface area contributed by atoms with Crippen molar-refractivity contribution in [3.05, 3.63) is 34.4 Å². The number of nitrogens with zero attached hydrogens (tertiary/aromatic N) is 1. The van der Waals surface area contributed by atoms with E-state index in [0.29, 0.717) is 12.1 Å². The molecule has 0 spiro atoms. The van der Waals surface area contributed by atoms with E-state index in [4.69, 9.17) is 4.74 Å². The summed E-state index contributed by atoms with van der Waals surface area (Å²) in [5.74, 6) is -0.614. The lowest BCUT2D eigenvalue weighted by atomic mass is 10.2. The van der Waals surface area contributed by atoms with Crippen LogP contribution in [0.2, 0.25) is 0 Å². The van der Waals surface area contributed by atoms with Gasteiger partial charge in [-0.3, -0.25) is 19.7 Å². The van der Waals surface area contributed by atoms with Crippen LogP contribution in [0.4, 0.5) is 11.4 Å². The number of nitrogens with one attached hydrogen (secondary N) is 1. The summed E-state index contributed by atoms with van der Waals surface area (Å²) in [6.07, 6.45) is 0.642. The monoisotopic (exact) mass is 266 g/mol. The Morgan fingerprint density at radius 2 is 1.95 bits per heavy atom. The molecule has 1 amide bonds. The molecule has 1 rings (SSSR count). The van der Waals surface area contributed by atoms with Gasteiger partial charge < -0.3 is 10.1 Å². The smallest absolute Gasteiger partial charge is 0.302 e.